The van der Waals surface area contributed by atoms with Crippen molar-refractivity contribution in [2.45, 2.75) is 32.8 Å². The number of piperidine rings is 1. The number of carbonyl (C=O) groups is 1. The molecule has 1 aromatic heterocycles. The van der Waals surface area contributed by atoms with E-state index in [0.717, 1.165) is 45.4 Å². The van der Waals surface area contributed by atoms with Crippen LogP contribution >= 0.6 is 0 Å². The highest BCUT2D eigenvalue weighted by Crippen LogP contribution is 2.16. The van der Waals surface area contributed by atoms with Crippen LogP contribution in [0.15, 0.2) is 10.6 Å². The SMILES string of the molecule is CCCN(CC1CCNCC1)C(=O)c1cc(COC)on1. The van der Waals surface area contributed by atoms with Crippen LogP contribution in [0.1, 0.15) is 42.4 Å². The number of nitrogens with zero attached hydrogens (tertiary/aromatic N) is 2. The minimum Gasteiger partial charge on any atom is -0.377 e. The van der Waals surface area contributed by atoms with Gasteiger partial charge in [-0.25, -0.2) is 0 Å². The molecule has 1 N–H and O–H groups in total. The van der Waals surface area contributed by atoms with Crippen molar-refractivity contribution in [3.8, 4) is 0 Å². The van der Waals surface area contributed by atoms with Gasteiger partial charge in [-0.1, -0.05) is 12.1 Å². The van der Waals surface area contributed by atoms with Crippen molar-refractivity contribution in [1.82, 2.24) is 15.4 Å². The van der Waals surface area contributed by atoms with Gasteiger partial charge in [0.1, 0.15) is 6.61 Å². The van der Waals surface area contributed by atoms with Gasteiger partial charge in [-0.05, 0) is 38.3 Å². The fraction of sp³-hybridized carbons (Fsp3) is 0.733. The molecule has 118 valence electrons. The van der Waals surface area contributed by atoms with Gasteiger partial charge in [0.15, 0.2) is 11.5 Å². The minimum absolute atomic E-state index is 0.0403. The van der Waals surface area contributed by atoms with Crippen LogP contribution in [0.25, 0.3) is 0 Å². The summed E-state index contributed by atoms with van der Waals surface area (Å²) in [5.74, 6) is 1.12. The predicted molar refractivity (Wildman–Crippen MR) is 79.0 cm³/mol. The standard InChI is InChI=1S/C15H25N3O3/c1-3-8-18(10-12-4-6-16-7-5-12)15(19)14-9-13(11-20-2)21-17-14/h9,12,16H,3-8,10-11H2,1-2H3. The van der Waals surface area contributed by atoms with Crippen LogP contribution < -0.4 is 5.32 Å². The van der Waals surface area contributed by atoms with Crippen molar-refractivity contribution in [2.75, 3.05) is 33.3 Å². The van der Waals surface area contributed by atoms with Gasteiger partial charge in [-0.15, -0.1) is 0 Å². The Morgan fingerprint density at radius 1 is 1.52 bits per heavy atom. The van der Waals surface area contributed by atoms with Gasteiger partial charge < -0.3 is 19.5 Å². The number of carbonyl (C=O) groups excluding carboxylic acids is 1. The molecule has 0 unspecified atom stereocenters. The Bertz CT molecular complexity index is 441. The van der Waals surface area contributed by atoms with Gasteiger partial charge in [-0.3, -0.25) is 4.79 Å². The first kappa shape index (κ1) is 16.0. The van der Waals surface area contributed by atoms with Crippen molar-refractivity contribution in [3.05, 3.63) is 17.5 Å². The summed E-state index contributed by atoms with van der Waals surface area (Å²) < 4.78 is 10.1. The first-order valence-electron chi connectivity index (χ1n) is 7.69. The highest BCUT2D eigenvalue weighted by Gasteiger charge is 2.23. The first-order valence-corrected chi connectivity index (χ1v) is 7.69. The quantitative estimate of drug-likeness (QED) is 0.829. The molecule has 2 rings (SSSR count). The van der Waals surface area contributed by atoms with Crippen LogP contribution in [0, 0.1) is 5.92 Å². The number of aromatic nitrogens is 1. The summed E-state index contributed by atoms with van der Waals surface area (Å²) in [6, 6.07) is 1.68. The summed E-state index contributed by atoms with van der Waals surface area (Å²) in [5.41, 5.74) is 0.379. The largest absolute Gasteiger partial charge is 0.377 e. The van der Waals surface area contributed by atoms with Gasteiger partial charge in [0.25, 0.3) is 5.91 Å². The summed E-state index contributed by atoms with van der Waals surface area (Å²) in [6.45, 7) is 6.07. The predicted octanol–water partition coefficient (Wildman–Crippen LogP) is 1.67. The van der Waals surface area contributed by atoms with Crippen molar-refractivity contribution < 1.29 is 14.1 Å². The lowest BCUT2D eigenvalue weighted by Crippen LogP contribution is -2.39. The van der Waals surface area contributed by atoms with E-state index in [1.54, 1.807) is 13.2 Å². The third kappa shape index (κ3) is 4.54. The number of hydrogen-bond donors (Lipinski definition) is 1. The van der Waals surface area contributed by atoms with E-state index in [1.165, 1.54) is 0 Å². The minimum atomic E-state index is -0.0403. The first-order chi connectivity index (χ1) is 10.2. The molecule has 0 saturated carbocycles. The van der Waals surface area contributed by atoms with E-state index < -0.39 is 0 Å². The van der Waals surface area contributed by atoms with Gasteiger partial charge in [0.05, 0.1) is 0 Å². The number of rotatable bonds is 7. The van der Waals surface area contributed by atoms with Crippen LogP contribution in [0.3, 0.4) is 0 Å². The average Bonchev–Trinajstić information content (AvgIpc) is 2.96. The smallest absolute Gasteiger partial charge is 0.276 e. The third-order valence-electron chi connectivity index (χ3n) is 3.78. The molecule has 21 heavy (non-hydrogen) atoms. The summed E-state index contributed by atoms with van der Waals surface area (Å²) in [7, 11) is 1.59. The van der Waals surface area contributed by atoms with Crippen molar-refractivity contribution in [3.63, 3.8) is 0 Å². The van der Waals surface area contributed by atoms with Crippen LogP contribution in [-0.2, 0) is 11.3 Å². The van der Waals surface area contributed by atoms with Crippen LogP contribution in [-0.4, -0.2) is 49.3 Å². The molecule has 1 amide bonds. The van der Waals surface area contributed by atoms with Crippen LogP contribution in [0.2, 0.25) is 0 Å². The zero-order valence-electron chi connectivity index (χ0n) is 12.9. The Morgan fingerprint density at radius 2 is 2.29 bits per heavy atom. The maximum atomic E-state index is 12.6. The number of amides is 1. The van der Waals surface area contributed by atoms with Gasteiger partial charge in [0.2, 0.25) is 0 Å². The second-order valence-electron chi connectivity index (χ2n) is 5.56. The van der Waals surface area contributed by atoms with E-state index in [1.807, 2.05) is 4.90 Å². The average molecular weight is 295 g/mol. The highest BCUT2D eigenvalue weighted by atomic mass is 16.5. The molecule has 6 nitrogen and oxygen atoms in total. The Kier molecular flexibility index (Phi) is 6.20. The summed E-state index contributed by atoms with van der Waals surface area (Å²) in [6.07, 6.45) is 3.20. The molecule has 1 fully saturated rings. The summed E-state index contributed by atoms with van der Waals surface area (Å²) >= 11 is 0. The molecule has 0 bridgehead atoms. The second kappa shape index (κ2) is 8.14. The maximum absolute atomic E-state index is 12.6. The third-order valence-corrected chi connectivity index (χ3v) is 3.78. The fourth-order valence-electron chi connectivity index (χ4n) is 2.71. The zero-order chi connectivity index (χ0) is 15.1. The lowest BCUT2D eigenvalue weighted by molar-refractivity contribution is 0.0705. The van der Waals surface area contributed by atoms with Gasteiger partial charge >= 0.3 is 0 Å². The molecule has 1 aliphatic rings. The molecule has 0 aliphatic carbocycles. The van der Waals surface area contributed by atoms with Crippen molar-refractivity contribution in [2.24, 2.45) is 5.92 Å². The molecule has 6 heteroatoms. The molecule has 2 heterocycles. The number of hydrogen-bond acceptors (Lipinski definition) is 5. The molecule has 1 aliphatic heterocycles. The van der Waals surface area contributed by atoms with Crippen LogP contribution in [0.5, 0.6) is 0 Å². The Labute approximate surface area is 125 Å². The number of nitrogens with one attached hydrogen (secondary N) is 1. The number of ether oxygens (including phenoxy) is 1. The van der Waals surface area contributed by atoms with E-state index in [-0.39, 0.29) is 5.91 Å². The monoisotopic (exact) mass is 295 g/mol. The van der Waals surface area contributed by atoms with E-state index in [4.69, 9.17) is 9.26 Å². The zero-order valence-corrected chi connectivity index (χ0v) is 12.9. The summed E-state index contributed by atoms with van der Waals surface area (Å²) in [4.78, 5) is 14.5. The molecule has 0 radical (unpaired) electrons. The van der Waals surface area contributed by atoms with E-state index >= 15 is 0 Å². The maximum Gasteiger partial charge on any atom is 0.276 e. The molecular weight excluding hydrogens is 270 g/mol. The van der Waals surface area contributed by atoms with E-state index in [0.29, 0.717) is 24.0 Å². The lowest BCUT2D eigenvalue weighted by Gasteiger charge is -2.29. The molecule has 1 saturated heterocycles. The number of methoxy groups -OCH3 is 1. The van der Waals surface area contributed by atoms with Crippen molar-refractivity contribution in [1.29, 1.82) is 0 Å². The Hall–Kier alpha value is -1.40. The van der Waals surface area contributed by atoms with E-state index in [9.17, 15) is 4.79 Å². The fourth-order valence-corrected chi connectivity index (χ4v) is 2.71. The molecular formula is C15H25N3O3. The van der Waals surface area contributed by atoms with Gasteiger partial charge in [0, 0.05) is 26.3 Å². The molecule has 0 spiro atoms. The van der Waals surface area contributed by atoms with Crippen LogP contribution in [0.4, 0.5) is 0 Å². The van der Waals surface area contributed by atoms with Gasteiger partial charge in [-0.2, -0.15) is 0 Å². The Morgan fingerprint density at radius 3 is 2.95 bits per heavy atom. The second-order valence-corrected chi connectivity index (χ2v) is 5.56. The topological polar surface area (TPSA) is 67.6 Å². The lowest BCUT2D eigenvalue weighted by atomic mass is 9.97. The molecule has 0 aromatic carbocycles. The molecule has 1 aromatic rings. The summed E-state index contributed by atoms with van der Waals surface area (Å²) in [5, 5.41) is 7.23. The Balaban J connectivity index is 1.99. The normalized spacial score (nSPS) is 16.1. The van der Waals surface area contributed by atoms with Crippen molar-refractivity contribution >= 4 is 5.91 Å². The molecule has 0 atom stereocenters. The van der Waals surface area contributed by atoms with E-state index in [2.05, 4.69) is 17.4 Å². The highest BCUT2D eigenvalue weighted by molar-refractivity contribution is 5.92.